The zero-order valence-corrected chi connectivity index (χ0v) is 19.0. The summed E-state index contributed by atoms with van der Waals surface area (Å²) in [5.41, 5.74) is 0.576. The Hall–Kier alpha value is -3.75. The lowest BCUT2D eigenvalue weighted by molar-refractivity contribution is -0.137. The Labute approximate surface area is 193 Å². The molecule has 1 N–H and O–H groups in total. The van der Waals surface area contributed by atoms with Gasteiger partial charge in [0, 0.05) is 16.5 Å². The number of rotatable bonds is 3. The number of aryl methyl sites for hydroxylation is 1. The second-order valence-corrected chi connectivity index (χ2v) is 9.09. The summed E-state index contributed by atoms with van der Waals surface area (Å²) in [4.78, 5) is 16.8. The van der Waals surface area contributed by atoms with Gasteiger partial charge in [-0.3, -0.25) is 4.79 Å². The summed E-state index contributed by atoms with van der Waals surface area (Å²) in [7, 11) is 0. The zero-order chi connectivity index (χ0) is 24.8. The van der Waals surface area contributed by atoms with E-state index in [-0.39, 0.29) is 5.69 Å². The summed E-state index contributed by atoms with van der Waals surface area (Å²) < 4.78 is 56.4. The van der Waals surface area contributed by atoms with Crippen LogP contribution in [0.4, 0.5) is 23.2 Å². The fraction of sp³-hybridized carbons (Fsp3) is 0.240. The first kappa shape index (κ1) is 23.4. The molecule has 4 rings (SSSR count). The van der Waals surface area contributed by atoms with Crippen LogP contribution in [0.3, 0.4) is 0 Å². The third kappa shape index (κ3) is 4.64. The average molecular weight is 470 g/mol. The molecular formula is C25H22F4N4O. The molecule has 0 unspecified atom stereocenters. The minimum Gasteiger partial charge on any atom is -0.325 e. The minimum atomic E-state index is -4.65. The molecular weight excluding hydrogens is 448 g/mol. The molecule has 0 fully saturated rings. The van der Waals surface area contributed by atoms with Gasteiger partial charge in [0.25, 0.3) is 0 Å². The summed E-state index contributed by atoms with van der Waals surface area (Å²) in [6.07, 6.45) is -3.10. The highest BCUT2D eigenvalue weighted by molar-refractivity contribution is 5.96. The number of nitrogens with one attached hydrogen (secondary N) is 1. The first-order chi connectivity index (χ1) is 15.8. The van der Waals surface area contributed by atoms with Crippen LogP contribution in [0.25, 0.3) is 28.2 Å². The molecule has 9 heteroatoms. The Kier molecular flexibility index (Phi) is 5.67. The highest BCUT2D eigenvalue weighted by Gasteiger charge is 2.35. The topological polar surface area (TPSA) is 59.3 Å². The largest absolute Gasteiger partial charge is 0.418 e. The first-order valence-electron chi connectivity index (χ1n) is 10.5. The van der Waals surface area contributed by atoms with Gasteiger partial charge in [-0.1, -0.05) is 38.5 Å². The molecule has 34 heavy (non-hydrogen) atoms. The molecule has 0 radical (unpaired) electrons. The molecule has 0 atom stereocenters. The lowest BCUT2D eigenvalue weighted by Gasteiger charge is -2.20. The van der Waals surface area contributed by atoms with Gasteiger partial charge in [-0.05, 0) is 43.3 Å². The van der Waals surface area contributed by atoms with Gasteiger partial charge < -0.3 is 5.32 Å². The Morgan fingerprint density at radius 2 is 1.71 bits per heavy atom. The molecule has 0 aliphatic carbocycles. The molecule has 2 aromatic heterocycles. The molecule has 0 bridgehead atoms. The molecule has 1 amide bonds. The molecule has 0 spiro atoms. The van der Waals surface area contributed by atoms with Crippen molar-refractivity contribution in [2.24, 2.45) is 5.41 Å². The summed E-state index contributed by atoms with van der Waals surface area (Å²) in [5.74, 6) is -0.962. The van der Waals surface area contributed by atoms with Crippen molar-refractivity contribution in [1.82, 2.24) is 14.6 Å². The number of carbonyl (C=O) groups is 1. The van der Waals surface area contributed by atoms with E-state index in [4.69, 9.17) is 0 Å². The normalized spacial score (nSPS) is 12.2. The van der Waals surface area contributed by atoms with Crippen LogP contribution in [0.1, 0.15) is 31.9 Å². The first-order valence-corrected chi connectivity index (χ1v) is 10.5. The smallest absolute Gasteiger partial charge is 0.325 e. The van der Waals surface area contributed by atoms with Crippen LogP contribution in [-0.2, 0) is 11.0 Å². The van der Waals surface area contributed by atoms with Crippen LogP contribution < -0.4 is 5.32 Å². The van der Waals surface area contributed by atoms with E-state index < -0.39 is 28.9 Å². The number of halogens is 4. The number of carbonyl (C=O) groups excluding carboxylic acids is 1. The lowest BCUT2D eigenvalue weighted by Crippen LogP contribution is -2.28. The number of benzene rings is 2. The lowest BCUT2D eigenvalue weighted by atomic mass is 9.95. The van der Waals surface area contributed by atoms with E-state index in [0.29, 0.717) is 28.2 Å². The quantitative estimate of drug-likeness (QED) is 0.347. The predicted molar refractivity (Wildman–Crippen MR) is 122 cm³/mol. The second-order valence-electron chi connectivity index (χ2n) is 9.09. The van der Waals surface area contributed by atoms with Crippen LogP contribution in [0, 0.1) is 18.2 Å². The number of hydrogen-bond acceptors (Lipinski definition) is 3. The monoisotopic (exact) mass is 470 g/mol. The fourth-order valence-corrected chi connectivity index (χ4v) is 3.36. The summed E-state index contributed by atoms with van der Waals surface area (Å²) in [6.45, 7) is 6.68. The van der Waals surface area contributed by atoms with Crippen molar-refractivity contribution < 1.29 is 22.4 Å². The van der Waals surface area contributed by atoms with Crippen molar-refractivity contribution in [3.8, 4) is 22.5 Å². The maximum absolute atomic E-state index is 14.3. The summed E-state index contributed by atoms with van der Waals surface area (Å²) >= 11 is 0. The molecule has 0 saturated heterocycles. The van der Waals surface area contributed by atoms with Gasteiger partial charge in [0.15, 0.2) is 5.65 Å². The number of aromatic nitrogens is 3. The van der Waals surface area contributed by atoms with Crippen LogP contribution in [0.2, 0.25) is 0 Å². The molecule has 176 valence electrons. The minimum absolute atomic E-state index is 0.332. The Bertz CT molecular complexity index is 1400. The van der Waals surface area contributed by atoms with Crippen LogP contribution >= 0.6 is 0 Å². The molecule has 0 aliphatic rings. The van der Waals surface area contributed by atoms with Gasteiger partial charge in [0.05, 0.1) is 28.8 Å². The SMILES string of the molecule is Cc1ccc(F)c(-c2ccc3nc(-c4ccc(C(F)(F)F)c(NC(=O)C(C)(C)C)c4)cn3n2)c1. The number of imidazole rings is 1. The average Bonchev–Trinajstić information content (AvgIpc) is 3.17. The maximum atomic E-state index is 14.3. The Morgan fingerprint density at radius 3 is 2.38 bits per heavy atom. The Balaban J connectivity index is 1.77. The summed E-state index contributed by atoms with van der Waals surface area (Å²) in [5, 5.41) is 6.81. The predicted octanol–water partition coefficient (Wildman–Crippen LogP) is 6.51. The number of hydrogen-bond donors (Lipinski definition) is 1. The molecule has 5 nitrogen and oxygen atoms in total. The number of fused-ring (bicyclic) bond motifs is 1. The van der Waals surface area contributed by atoms with E-state index in [2.05, 4.69) is 15.4 Å². The van der Waals surface area contributed by atoms with E-state index in [0.717, 1.165) is 11.6 Å². The Morgan fingerprint density at radius 1 is 0.971 bits per heavy atom. The van der Waals surface area contributed by atoms with Crippen molar-refractivity contribution >= 4 is 17.2 Å². The highest BCUT2D eigenvalue weighted by Crippen LogP contribution is 2.38. The van der Waals surface area contributed by atoms with Gasteiger partial charge in [-0.15, -0.1) is 0 Å². The van der Waals surface area contributed by atoms with Crippen molar-refractivity contribution in [3.05, 3.63) is 71.7 Å². The van der Waals surface area contributed by atoms with Crippen molar-refractivity contribution in [3.63, 3.8) is 0 Å². The zero-order valence-electron chi connectivity index (χ0n) is 19.0. The third-order valence-electron chi connectivity index (χ3n) is 5.27. The van der Waals surface area contributed by atoms with Gasteiger partial charge in [0.1, 0.15) is 5.82 Å². The van der Waals surface area contributed by atoms with Gasteiger partial charge >= 0.3 is 6.18 Å². The van der Waals surface area contributed by atoms with Crippen LogP contribution in [0.5, 0.6) is 0 Å². The van der Waals surface area contributed by atoms with Gasteiger partial charge in [-0.25, -0.2) is 13.9 Å². The number of anilines is 1. The number of alkyl halides is 3. The van der Waals surface area contributed by atoms with Gasteiger partial charge in [-0.2, -0.15) is 18.3 Å². The fourth-order valence-electron chi connectivity index (χ4n) is 3.36. The molecule has 0 saturated carbocycles. The molecule has 2 heterocycles. The van der Waals surface area contributed by atoms with Crippen LogP contribution in [0.15, 0.2) is 54.7 Å². The van der Waals surface area contributed by atoms with Gasteiger partial charge in [0.2, 0.25) is 5.91 Å². The maximum Gasteiger partial charge on any atom is 0.418 e. The van der Waals surface area contributed by atoms with E-state index in [9.17, 15) is 22.4 Å². The standard InChI is InChI=1S/C25H22F4N4O/c1-14-5-8-18(26)16(11-14)19-9-10-22-30-21(13-33(22)32-19)15-6-7-17(25(27,28)29)20(12-15)31-23(34)24(2,3)4/h5-13H,1-4H3,(H,31,34). The molecule has 2 aromatic carbocycles. The number of nitrogens with zero attached hydrogens (tertiary/aromatic N) is 3. The molecule has 4 aromatic rings. The van der Waals surface area contributed by atoms with Crippen molar-refractivity contribution in [2.45, 2.75) is 33.9 Å². The highest BCUT2D eigenvalue weighted by atomic mass is 19.4. The van der Waals surface area contributed by atoms with E-state index in [1.807, 2.05) is 6.92 Å². The van der Waals surface area contributed by atoms with E-state index in [1.54, 1.807) is 51.2 Å². The van der Waals surface area contributed by atoms with E-state index >= 15 is 0 Å². The second kappa shape index (κ2) is 8.23. The van der Waals surface area contributed by atoms with Crippen LogP contribution in [-0.4, -0.2) is 20.5 Å². The summed E-state index contributed by atoms with van der Waals surface area (Å²) in [6, 6.07) is 11.4. The van der Waals surface area contributed by atoms with Crippen molar-refractivity contribution in [2.75, 3.05) is 5.32 Å². The third-order valence-corrected chi connectivity index (χ3v) is 5.27. The molecule has 0 aliphatic heterocycles. The van der Waals surface area contributed by atoms with Crippen molar-refractivity contribution in [1.29, 1.82) is 0 Å². The van der Waals surface area contributed by atoms with E-state index in [1.165, 1.54) is 22.7 Å². The number of amides is 1.